The molecule has 0 aromatic heterocycles. The largest absolute Gasteiger partial charge is 0.383 e. The van der Waals surface area contributed by atoms with Crippen LogP contribution in [0, 0.1) is 12.7 Å². The van der Waals surface area contributed by atoms with E-state index in [1.54, 1.807) is 13.0 Å². The molecule has 1 atom stereocenters. The molecule has 0 fully saturated rings. The van der Waals surface area contributed by atoms with Gasteiger partial charge in [0.1, 0.15) is 5.82 Å². The van der Waals surface area contributed by atoms with Crippen LogP contribution in [0.3, 0.4) is 0 Å². The monoisotopic (exact) mass is 240 g/mol. The Morgan fingerprint density at radius 2 is 2.29 bits per heavy atom. The molecule has 4 nitrogen and oxygen atoms in total. The van der Waals surface area contributed by atoms with Gasteiger partial charge in [-0.1, -0.05) is 6.07 Å². The highest BCUT2D eigenvalue weighted by molar-refractivity contribution is 5.95. The number of nitrogens with one attached hydrogen (secondary N) is 1. The van der Waals surface area contributed by atoms with Crippen molar-refractivity contribution in [3.63, 3.8) is 0 Å². The number of benzene rings is 1. The van der Waals surface area contributed by atoms with Crippen molar-refractivity contribution >= 4 is 5.91 Å². The molecule has 0 bridgehead atoms. The molecule has 94 valence electrons. The van der Waals surface area contributed by atoms with Crippen molar-refractivity contribution in [3.8, 4) is 0 Å². The van der Waals surface area contributed by atoms with Gasteiger partial charge in [0.05, 0.1) is 12.6 Å². The summed E-state index contributed by atoms with van der Waals surface area (Å²) in [5.74, 6) is -0.772. The van der Waals surface area contributed by atoms with E-state index in [0.717, 1.165) is 5.56 Å². The molecule has 1 aromatic rings. The van der Waals surface area contributed by atoms with Gasteiger partial charge in [0.15, 0.2) is 0 Å². The number of amides is 1. The molecule has 3 N–H and O–H groups in total. The normalized spacial score (nSPS) is 12.2. The van der Waals surface area contributed by atoms with Crippen LogP contribution in [0.15, 0.2) is 18.2 Å². The lowest BCUT2D eigenvalue weighted by molar-refractivity contribution is 0.0899. The number of hydrogen-bond acceptors (Lipinski definition) is 3. The number of carbonyl (C=O) groups is 1. The Bertz CT molecular complexity index is 396. The highest BCUT2D eigenvalue weighted by atomic mass is 19.1. The minimum absolute atomic E-state index is 0.268. The SMILES string of the molecule is COCC(CN)NC(=O)c1cc(F)ccc1C. The molecule has 1 aromatic carbocycles. The molecule has 0 aliphatic carbocycles. The highest BCUT2D eigenvalue weighted by Crippen LogP contribution is 2.10. The summed E-state index contributed by atoms with van der Waals surface area (Å²) in [6, 6.07) is 3.83. The van der Waals surface area contributed by atoms with Crippen LogP contribution in [0.4, 0.5) is 4.39 Å². The number of nitrogens with two attached hydrogens (primary N) is 1. The Morgan fingerprint density at radius 3 is 2.88 bits per heavy atom. The predicted molar refractivity (Wildman–Crippen MR) is 63.3 cm³/mol. The van der Waals surface area contributed by atoms with E-state index in [-0.39, 0.29) is 18.5 Å². The number of aryl methyl sites for hydroxylation is 1. The predicted octanol–water partition coefficient (Wildman–Crippen LogP) is 0.838. The molecule has 1 unspecified atom stereocenters. The average molecular weight is 240 g/mol. The molecule has 0 heterocycles. The van der Waals surface area contributed by atoms with Gasteiger partial charge in [-0.2, -0.15) is 0 Å². The molecule has 1 rings (SSSR count). The lowest BCUT2D eigenvalue weighted by Gasteiger charge is -2.16. The first-order valence-corrected chi connectivity index (χ1v) is 5.34. The topological polar surface area (TPSA) is 64.3 Å². The fourth-order valence-electron chi connectivity index (χ4n) is 1.47. The van der Waals surface area contributed by atoms with Crippen LogP contribution in [0.2, 0.25) is 0 Å². The summed E-state index contributed by atoms with van der Waals surface area (Å²) in [7, 11) is 1.53. The zero-order chi connectivity index (χ0) is 12.8. The van der Waals surface area contributed by atoms with Crippen molar-refractivity contribution in [2.45, 2.75) is 13.0 Å². The first-order valence-electron chi connectivity index (χ1n) is 5.34. The van der Waals surface area contributed by atoms with Gasteiger partial charge in [-0.15, -0.1) is 0 Å². The molecule has 0 aliphatic rings. The van der Waals surface area contributed by atoms with Crippen molar-refractivity contribution in [1.29, 1.82) is 0 Å². The molecule has 0 saturated heterocycles. The van der Waals surface area contributed by atoms with E-state index in [4.69, 9.17) is 10.5 Å². The van der Waals surface area contributed by atoms with E-state index >= 15 is 0 Å². The zero-order valence-electron chi connectivity index (χ0n) is 10.00. The summed E-state index contributed by atoms with van der Waals surface area (Å²) in [6.07, 6.45) is 0. The van der Waals surface area contributed by atoms with Gasteiger partial charge in [-0.25, -0.2) is 4.39 Å². The Hall–Kier alpha value is -1.46. The van der Waals surface area contributed by atoms with E-state index < -0.39 is 5.82 Å². The lowest BCUT2D eigenvalue weighted by atomic mass is 10.1. The van der Waals surface area contributed by atoms with Gasteiger partial charge in [0.25, 0.3) is 5.91 Å². The fraction of sp³-hybridized carbons (Fsp3) is 0.417. The number of halogens is 1. The lowest BCUT2D eigenvalue weighted by Crippen LogP contribution is -2.43. The van der Waals surface area contributed by atoms with Gasteiger partial charge in [-0.05, 0) is 24.6 Å². The Morgan fingerprint density at radius 1 is 1.59 bits per heavy atom. The van der Waals surface area contributed by atoms with Crippen molar-refractivity contribution < 1.29 is 13.9 Å². The molecule has 0 spiro atoms. The zero-order valence-corrected chi connectivity index (χ0v) is 10.00. The van der Waals surface area contributed by atoms with E-state index in [1.807, 2.05) is 0 Å². The van der Waals surface area contributed by atoms with E-state index in [2.05, 4.69) is 5.32 Å². The second-order valence-electron chi connectivity index (χ2n) is 3.82. The smallest absolute Gasteiger partial charge is 0.251 e. The van der Waals surface area contributed by atoms with Gasteiger partial charge in [0.2, 0.25) is 0 Å². The van der Waals surface area contributed by atoms with E-state index in [1.165, 1.54) is 19.2 Å². The van der Waals surface area contributed by atoms with Crippen molar-refractivity contribution in [1.82, 2.24) is 5.32 Å². The third kappa shape index (κ3) is 3.80. The molecule has 0 saturated carbocycles. The Labute approximate surface area is 100.0 Å². The number of methoxy groups -OCH3 is 1. The number of hydrogen-bond donors (Lipinski definition) is 2. The summed E-state index contributed by atoms with van der Waals surface area (Å²) in [6.45, 7) is 2.35. The standard InChI is InChI=1S/C12H17FN2O2/c1-8-3-4-9(13)5-11(8)12(16)15-10(6-14)7-17-2/h3-5,10H,6-7,14H2,1-2H3,(H,15,16). The molecular formula is C12H17FN2O2. The molecule has 0 aliphatic heterocycles. The van der Waals surface area contributed by atoms with Crippen LogP contribution in [-0.2, 0) is 4.74 Å². The summed E-state index contributed by atoms with van der Waals surface area (Å²) in [5.41, 5.74) is 6.52. The quantitative estimate of drug-likeness (QED) is 0.801. The number of rotatable bonds is 5. The second-order valence-corrected chi connectivity index (χ2v) is 3.82. The maximum absolute atomic E-state index is 13.0. The third-order valence-electron chi connectivity index (χ3n) is 2.43. The van der Waals surface area contributed by atoms with Crippen LogP contribution in [0.5, 0.6) is 0 Å². The second kappa shape index (κ2) is 6.32. The van der Waals surface area contributed by atoms with Crippen molar-refractivity contribution in [2.24, 2.45) is 5.73 Å². The first kappa shape index (κ1) is 13.6. The van der Waals surface area contributed by atoms with E-state index in [9.17, 15) is 9.18 Å². The van der Waals surface area contributed by atoms with Gasteiger partial charge in [0, 0.05) is 19.2 Å². The third-order valence-corrected chi connectivity index (χ3v) is 2.43. The Balaban J connectivity index is 2.78. The van der Waals surface area contributed by atoms with Crippen LogP contribution in [0.1, 0.15) is 15.9 Å². The minimum Gasteiger partial charge on any atom is -0.383 e. The summed E-state index contributed by atoms with van der Waals surface area (Å²) in [5, 5.41) is 2.70. The summed E-state index contributed by atoms with van der Waals surface area (Å²) >= 11 is 0. The maximum Gasteiger partial charge on any atom is 0.251 e. The number of carbonyl (C=O) groups excluding carboxylic acids is 1. The van der Waals surface area contributed by atoms with Crippen LogP contribution in [-0.4, -0.2) is 32.2 Å². The van der Waals surface area contributed by atoms with Crippen molar-refractivity contribution in [2.75, 3.05) is 20.3 Å². The first-order chi connectivity index (χ1) is 8.08. The van der Waals surface area contributed by atoms with E-state index in [0.29, 0.717) is 12.2 Å². The molecule has 1 amide bonds. The molecule has 5 heteroatoms. The maximum atomic E-state index is 13.0. The summed E-state index contributed by atoms with van der Waals surface area (Å²) < 4.78 is 18.0. The van der Waals surface area contributed by atoms with Crippen LogP contribution < -0.4 is 11.1 Å². The highest BCUT2D eigenvalue weighted by Gasteiger charge is 2.14. The van der Waals surface area contributed by atoms with Crippen LogP contribution in [0.25, 0.3) is 0 Å². The van der Waals surface area contributed by atoms with Gasteiger partial charge >= 0.3 is 0 Å². The Kier molecular flexibility index (Phi) is 5.06. The average Bonchev–Trinajstić information content (AvgIpc) is 2.31. The van der Waals surface area contributed by atoms with Crippen molar-refractivity contribution in [3.05, 3.63) is 35.1 Å². The fourth-order valence-corrected chi connectivity index (χ4v) is 1.47. The van der Waals surface area contributed by atoms with Crippen LogP contribution >= 0.6 is 0 Å². The minimum atomic E-state index is -0.434. The number of ether oxygens (including phenoxy) is 1. The summed E-state index contributed by atoms with van der Waals surface area (Å²) in [4.78, 5) is 11.9. The molecule has 0 radical (unpaired) electrons. The van der Waals surface area contributed by atoms with Gasteiger partial charge in [-0.3, -0.25) is 4.79 Å². The molecular weight excluding hydrogens is 223 g/mol. The molecule has 17 heavy (non-hydrogen) atoms. The van der Waals surface area contributed by atoms with Gasteiger partial charge < -0.3 is 15.8 Å².